The first-order valence-corrected chi connectivity index (χ1v) is 12.4. The van der Waals surface area contributed by atoms with Gasteiger partial charge in [0, 0.05) is 35.8 Å². The second kappa shape index (κ2) is 9.58. The molecule has 2 heterocycles. The maximum absolute atomic E-state index is 12.8. The maximum atomic E-state index is 12.8. The van der Waals surface area contributed by atoms with E-state index < -0.39 is 16.1 Å². The number of carbonyl (C=O) groups excluding carboxylic acids is 2. The standard InChI is InChI=1S/C22H24ClN3O6S/c1-14(25-33(29,30)18-4-2-3-16(23)11-18)22(28)26-9-7-15(8-10-26)21(27)24-17-5-6-19-20(12-17)32-13-31-19/h2-6,11-12,14-15,25H,7-10,13H2,1H3,(H,24,27)/t14-/m1/s1. The number of anilines is 1. The Balaban J connectivity index is 1.29. The molecule has 1 fully saturated rings. The summed E-state index contributed by atoms with van der Waals surface area (Å²) in [5, 5.41) is 3.17. The number of hydrogen-bond donors (Lipinski definition) is 2. The lowest BCUT2D eigenvalue weighted by molar-refractivity contribution is -0.135. The van der Waals surface area contributed by atoms with Gasteiger partial charge in [-0.05, 0) is 50.1 Å². The van der Waals surface area contributed by atoms with Crippen LogP contribution in [-0.4, -0.2) is 51.1 Å². The molecule has 0 aromatic heterocycles. The lowest BCUT2D eigenvalue weighted by Crippen LogP contribution is -2.50. The number of nitrogens with zero attached hydrogens (tertiary/aromatic N) is 1. The molecule has 2 aromatic rings. The van der Waals surface area contributed by atoms with Gasteiger partial charge in [0.1, 0.15) is 0 Å². The molecule has 33 heavy (non-hydrogen) atoms. The van der Waals surface area contributed by atoms with Gasteiger partial charge in [-0.2, -0.15) is 4.72 Å². The second-order valence-corrected chi connectivity index (χ2v) is 10.1. The van der Waals surface area contributed by atoms with E-state index in [0.29, 0.717) is 43.1 Å². The van der Waals surface area contributed by atoms with Crippen molar-refractivity contribution < 1.29 is 27.5 Å². The van der Waals surface area contributed by atoms with E-state index in [4.69, 9.17) is 21.1 Å². The molecule has 9 nitrogen and oxygen atoms in total. The summed E-state index contributed by atoms with van der Waals surface area (Å²) < 4.78 is 38.1. The maximum Gasteiger partial charge on any atom is 0.241 e. The van der Waals surface area contributed by atoms with Crippen molar-refractivity contribution in [1.29, 1.82) is 0 Å². The normalized spacial score (nSPS) is 17.0. The Hall–Kier alpha value is -2.82. The van der Waals surface area contributed by atoms with E-state index in [2.05, 4.69) is 10.0 Å². The molecule has 0 radical (unpaired) electrons. The highest BCUT2D eigenvalue weighted by Gasteiger charge is 2.31. The minimum Gasteiger partial charge on any atom is -0.454 e. The number of hydrogen-bond acceptors (Lipinski definition) is 6. The Morgan fingerprint density at radius 2 is 1.82 bits per heavy atom. The van der Waals surface area contributed by atoms with Gasteiger partial charge in [0.25, 0.3) is 0 Å². The van der Waals surface area contributed by atoms with Crippen LogP contribution < -0.4 is 19.5 Å². The zero-order valence-corrected chi connectivity index (χ0v) is 19.5. The predicted molar refractivity (Wildman–Crippen MR) is 122 cm³/mol. The summed E-state index contributed by atoms with van der Waals surface area (Å²) in [6, 6.07) is 10.1. The van der Waals surface area contributed by atoms with Crippen molar-refractivity contribution in [3.8, 4) is 11.5 Å². The minimum absolute atomic E-state index is 0.00598. The average molecular weight is 494 g/mol. The van der Waals surface area contributed by atoms with Crippen molar-refractivity contribution in [3.63, 3.8) is 0 Å². The van der Waals surface area contributed by atoms with Crippen molar-refractivity contribution in [2.45, 2.75) is 30.7 Å². The number of carbonyl (C=O) groups is 2. The molecular weight excluding hydrogens is 470 g/mol. The number of piperidine rings is 1. The molecule has 1 atom stereocenters. The summed E-state index contributed by atoms with van der Waals surface area (Å²) in [4.78, 5) is 27.0. The molecule has 1 saturated heterocycles. The van der Waals surface area contributed by atoms with E-state index in [0.717, 1.165) is 0 Å². The van der Waals surface area contributed by atoms with Crippen LogP contribution in [0.15, 0.2) is 47.4 Å². The predicted octanol–water partition coefficient (Wildman–Crippen LogP) is 2.61. The minimum atomic E-state index is -3.89. The fourth-order valence-corrected chi connectivity index (χ4v) is 5.34. The summed E-state index contributed by atoms with van der Waals surface area (Å²) in [5.41, 5.74) is 0.617. The lowest BCUT2D eigenvalue weighted by Gasteiger charge is -2.33. The summed E-state index contributed by atoms with van der Waals surface area (Å²) in [7, 11) is -3.89. The van der Waals surface area contributed by atoms with E-state index in [1.165, 1.54) is 25.1 Å². The summed E-state index contributed by atoms with van der Waals surface area (Å²) >= 11 is 5.87. The van der Waals surface area contributed by atoms with Gasteiger partial charge >= 0.3 is 0 Å². The topological polar surface area (TPSA) is 114 Å². The molecule has 2 N–H and O–H groups in total. The van der Waals surface area contributed by atoms with Gasteiger partial charge in [0.15, 0.2) is 11.5 Å². The van der Waals surface area contributed by atoms with Crippen molar-refractivity contribution in [2.75, 3.05) is 25.2 Å². The molecule has 0 spiro atoms. The number of sulfonamides is 1. The molecule has 0 unspecified atom stereocenters. The highest BCUT2D eigenvalue weighted by atomic mass is 35.5. The number of amides is 2. The number of nitrogens with one attached hydrogen (secondary N) is 2. The van der Waals surface area contributed by atoms with Crippen molar-refractivity contribution in [3.05, 3.63) is 47.5 Å². The third-order valence-corrected chi connectivity index (χ3v) is 7.40. The summed E-state index contributed by atoms with van der Waals surface area (Å²) in [6.07, 6.45) is 0.964. The SMILES string of the molecule is C[C@@H](NS(=O)(=O)c1cccc(Cl)c1)C(=O)N1CCC(C(=O)Nc2ccc3c(c2)OCO3)CC1. The second-order valence-electron chi connectivity index (χ2n) is 7.96. The van der Waals surface area contributed by atoms with Crippen LogP contribution in [-0.2, 0) is 19.6 Å². The monoisotopic (exact) mass is 493 g/mol. The number of ether oxygens (including phenoxy) is 2. The molecule has 2 aliphatic rings. The van der Waals surface area contributed by atoms with Gasteiger partial charge in [-0.25, -0.2) is 8.42 Å². The van der Waals surface area contributed by atoms with Crippen LogP contribution in [0.2, 0.25) is 5.02 Å². The van der Waals surface area contributed by atoms with Gasteiger partial charge in [-0.1, -0.05) is 17.7 Å². The van der Waals surface area contributed by atoms with Crippen LogP contribution >= 0.6 is 11.6 Å². The summed E-state index contributed by atoms with van der Waals surface area (Å²) in [6.45, 7) is 2.39. The number of halogens is 1. The molecule has 0 bridgehead atoms. The van der Waals surface area contributed by atoms with Crippen LogP contribution in [0.3, 0.4) is 0 Å². The fraction of sp³-hybridized carbons (Fsp3) is 0.364. The smallest absolute Gasteiger partial charge is 0.241 e. The highest BCUT2D eigenvalue weighted by molar-refractivity contribution is 7.89. The Morgan fingerprint density at radius 1 is 1.09 bits per heavy atom. The first kappa shape index (κ1) is 23.3. The third kappa shape index (κ3) is 5.40. The fourth-order valence-electron chi connectivity index (χ4n) is 3.84. The van der Waals surface area contributed by atoms with Crippen LogP contribution in [0.4, 0.5) is 5.69 Å². The number of benzene rings is 2. The van der Waals surface area contributed by atoms with Gasteiger partial charge in [0.2, 0.25) is 28.6 Å². The van der Waals surface area contributed by atoms with E-state index in [1.54, 1.807) is 29.2 Å². The zero-order valence-electron chi connectivity index (χ0n) is 17.9. The third-order valence-electron chi connectivity index (χ3n) is 5.63. The number of fused-ring (bicyclic) bond motifs is 1. The Bertz CT molecular complexity index is 1160. The molecule has 176 valence electrons. The zero-order chi connectivity index (χ0) is 23.6. The van der Waals surface area contributed by atoms with Crippen LogP contribution in [0.25, 0.3) is 0 Å². The van der Waals surface area contributed by atoms with Crippen LogP contribution in [0, 0.1) is 5.92 Å². The first-order chi connectivity index (χ1) is 15.7. The van der Waals surface area contributed by atoms with Crippen molar-refractivity contribution >= 4 is 39.1 Å². The molecule has 2 aromatic carbocycles. The molecule has 0 saturated carbocycles. The lowest BCUT2D eigenvalue weighted by atomic mass is 9.95. The Labute approximate surface area is 197 Å². The number of likely N-dealkylation sites (tertiary alicyclic amines) is 1. The highest BCUT2D eigenvalue weighted by Crippen LogP contribution is 2.34. The molecule has 11 heteroatoms. The van der Waals surface area contributed by atoms with Gasteiger partial charge in [-0.3, -0.25) is 9.59 Å². The van der Waals surface area contributed by atoms with E-state index in [-0.39, 0.29) is 34.4 Å². The van der Waals surface area contributed by atoms with Gasteiger partial charge in [-0.15, -0.1) is 0 Å². The van der Waals surface area contributed by atoms with Crippen molar-refractivity contribution in [2.24, 2.45) is 5.92 Å². The van der Waals surface area contributed by atoms with E-state index in [1.807, 2.05) is 0 Å². The van der Waals surface area contributed by atoms with Gasteiger partial charge < -0.3 is 19.7 Å². The average Bonchev–Trinajstić information content (AvgIpc) is 3.26. The Morgan fingerprint density at radius 3 is 2.55 bits per heavy atom. The quantitative estimate of drug-likeness (QED) is 0.639. The molecular formula is C22H24ClN3O6S. The number of rotatable bonds is 6. The molecule has 0 aliphatic carbocycles. The van der Waals surface area contributed by atoms with E-state index >= 15 is 0 Å². The largest absolute Gasteiger partial charge is 0.454 e. The van der Waals surface area contributed by atoms with Crippen molar-refractivity contribution in [1.82, 2.24) is 9.62 Å². The van der Waals surface area contributed by atoms with Crippen LogP contribution in [0.5, 0.6) is 11.5 Å². The Kier molecular flexibility index (Phi) is 6.78. The molecule has 4 rings (SSSR count). The summed E-state index contributed by atoms with van der Waals surface area (Å²) in [5.74, 6) is 0.506. The molecule has 2 amide bonds. The van der Waals surface area contributed by atoms with E-state index in [9.17, 15) is 18.0 Å². The van der Waals surface area contributed by atoms with Crippen LogP contribution in [0.1, 0.15) is 19.8 Å². The first-order valence-electron chi connectivity index (χ1n) is 10.5. The molecule has 2 aliphatic heterocycles. The van der Waals surface area contributed by atoms with Gasteiger partial charge in [0.05, 0.1) is 10.9 Å².